The number of nitrogens with zero attached hydrogens (tertiary/aromatic N) is 1. The van der Waals surface area contributed by atoms with E-state index >= 15 is 0 Å². The van der Waals surface area contributed by atoms with Crippen molar-refractivity contribution in [2.24, 2.45) is 0 Å². The highest BCUT2D eigenvalue weighted by atomic mass is 31.1. The van der Waals surface area contributed by atoms with Gasteiger partial charge in [-0.2, -0.15) is 5.09 Å². The van der Waals surface area contributed by atoms with E-state index in [2.05, 4.69) is 5.09 Å². The van der Waals surface area contributed by atoms with Crippen molar-refractivity contribution < 1.29 is 9.09 Å². The first-order valence-corrected chi connectivity index (χ1v) is 6.14. The molecule has 0 spiro atoms. The number of para-hydroxylation sites is 2. The molecule has 2 aromatic carbocycles. The van der Waals surface area contributed by atoms with Crippen LogP contribution in [0.2, 0.25) is 0 Å². The third-order valence-electron chi connectivity index (χ3n) is 1.92. The van der Waals surface area contributed by atoms with Crippen molar-refractivity contribution in [1.29, 1.82) is 0 Å². The summed E-state index contributed by atoms with van der Waals surface area (Å²) in [5.41, 5.74) is 0.669. The molecule has 16 heavy (non-hydrogen) atoms. The topological polar surface area (TPSA) is 40.4 Å². The van der Waals surface area contributed by atoms with E-state index in [1.54, 1.807) is 24.3 Å². The normalized spacial score (nSPS) is 11.8. The SMILES string of the molecule is O=[PH]([N]c1ccccc1)Oc1ccccc1. The molecule has 0 aromatic heterocycles. The minimum absolute atomic E-state index is 0.575. The summed E-state index contributed by atoms with van der Waals surface area (Å²) < 4.78 is 16.8. The molecule has 3 nitrogen and oxygen atoms in total. The van der Waals surface area contributed by atoms with Crippen LogP contribution in [0.5, 0.6) is 5.75 Å². The van der Waals surface area contributed by atoms with Crippen molar-refractivity contribution in [3.8, 4) is 5.75 Å². The van der Waals surface area contributed by atoms with Gasteiger partial charge in [-0.15, -0.1) is 0 Å². The Bertz CT molecular complexity index is 415. The van der Waals surface area contributed by atoms with E-state index in [1.165, 1.54) is 0 Å². The van der Waals surface area contributed by atoms with Gasteiger partial charge in [-0.25, -0.2) is 0 Å². The number of hydrogen-bond donors (Lipinski definition) is 0. The Kier molecular flexibility index (Phi) is 3.62. The van der Waals surface area contributed by atoms with Gasteiger partial charge < -0.3 is 4.52 Å². The molecule has 0 aliphatic rings. The van der Waals surface area contributed by atoms with Gasteiger partial charge in [-0.3, -0.25) is 4.57 Å². The van der Waals surface area contributed by atoms with Crippen molar-refractivity contribution in [1.82, 2.24) is 5.09 Å². The average Bonchev–Trinajstić information content (AvgIpc) is 2.31. The second kappa shape index (κ2) is 5.38. The van der Waals surface area contributed by atoms with Crippen LogP contribution in [-0.2, 0) is 4.57 Å². The molecule has 0 heterocycles. The molecule has 0 N–H and O–H groups in total. The van der Waals surface area contributed by atoms with Crippen molar-refractivity contribution in [3.05, 3.63) is 60.7 Å². The largest absolute Gasteiger partial charge is 0.430 e. The van der Waals surface area contributed by atoms with Gasteiger partial charge in [0.15, 0.2) is 0 Å². The molecule has 0 fully saturated rings. The highest BCUT2D eigenvalue weighted by molar-refractivity contribution is 7.37. The van der Waals surface area contributed by atoms with Crippen molar-refractivity contribution in [2.45, 2.75) is 0 Å². The second-order valence-electron chi connectivity index (χ2n) is 3.13. The highest BCUT2D eigenvalue weighted by Gasteiger charge is 2.02. The summed E-state index contributed by atoms with van der Waals surface area (Å²) in [6.45, 7) is 0. The third kappa shape index (κ3) is 3.14. The van der Waals surface area contributed by atoms with Gasteiger partial charge in [0.1, 0.15) is 5.75 Å². The zero-order chi connectivity index (χ0) is 11.2. The van der Waals surface area contributed by atoms with Gasteiger partial charge in [-0.1, -0.05) is 36.4 Å². The molecule has 2 aromatic rings. The van der Waals surface area contributed by atoms with Crippen LogP contribution < -0.4 is 9.61 Å². The lowest BCUT2D eigenvalue weighted by atomic mass is 10.3. The average molecular weight is 232 g/mol. The van der Waals surface area contributed by atoms with Gasteiger partial charge in [0.05, 0.1) is 5.69 Å². The van der Waals surface area contributed by atoms with E-state index < -0.39 is 8.18 Å². The van der Waals surface area contributed by atoms with E-state index in [9.17, 15) is 4.57 Å². The van der Waals surface area contributed by atoms with Crippen LogP contribution in [-0.4, -0.2) is 0 Å². The summed E-state index contributed by atoms with van der Waals surface area (Å²) in [6, 6.07) is 18.2. The Morgan fingerprint density at radius 2 is 1.44 bits per heavy atom. The Balaban J connectivity index is 1.95. The summed E-state index contributed by atoms with van der Waals surface area (Å²) >= 11 is 0. The van der Waals surface area contributed by atoms with E-state index in [0.717, 1.165) is 0 Å². The minimum Gasteiger partial charge on any atom is -0.430 e. The van der Waals surface area contributed by atoms with Crippen molar-refractivity contribution in [2.75, 3.05) is 0 Å². The van der Waals surface area contributed by atoms with E-state index in [1.807, 2.05) is 36.4 Å². The predicted octanol–water partition coefficient (Wildman–Crippen LogP) is 3.39. The lowest BCUT2D eigenvalue weighted by Gasteiger charge is -2.05. The van der Waals surface area contributed by atoms with E-state index in [4.69, 9.17) is 4.52 Å². The van der Waals surface area contributed by atoms with Gasteiger partial charge in [0.25, 0.3) is 0 Å². The molecule has 0 amide bonds. The Morgan fingerprint density at radius 1 is 0.875 bits per heavy atom. The van der Waals surface area contributed by atoms with Crippen LogP contribution in [0.15, 0.2) is 60.7 Å². The maximum Gasteiger partial charge on any atom is 0.351 e. The van der Waals surface area contributed by atoms with Crippen molar-refractivity contribution in [3.63, 3.8) is 0 Å². The lowest BCUT2D eigenvalue weighted by molar-refractivity contribution is 0.499. The summed E-state index contributed by atoms with van der Waals surface area (Å²) in [6.07, 6.45) is 0. The zero-order valence-corrected chi connectivity index (χ0v) is 9.54. The first-order valence-electron chi connectivity index (χ1n) is 4.88. The molecule has 81 valence electrons. The van der Waals surface area contributed by atoms with Crippen LogP contribution >= 0.6 is 8.18 Å². The maximum atomic E-state index is 11.6. The standard InChI is InChI=1S/C12H11NO2P/c14-16(13-11-7-3-1-4-8-11)15-12-9-5-2-6-10-12/h1-10,16H. The van der Waals surface area contributed by atoms with Gasteiger partial charge >= 0.3 is 8.18 Å². The quantitative estimate of drug-likeness (QED) is 0.758. The van der Waals surface area contributed by atoms with Crippen LogP contribution in [0.3, 0.4) is 0 Å². The summed E-state index contributed by atoms with van der Waals surface area (Å²) in [7, 11) is -2.42. The van der Waals surface area contributed by atoms with Crippen LogP contribution in [0.4, 0.5) is 5.69 Å². The molecular formula is C12H11NO2P. The fraction of sp³-hybridized carbons (Fsp3) is 0. The molecule has 0 saturated carbocycles. The number of rotatable bonds is 4. The lowest BCUT2D eigenvalue weighted by Crippen LogP contribution is -1.90. The first-order chi connectivity index (χ1) is 7.84. The Morgan fingerprint density at radius 3 is 2.06 bits per heavy atom. The van der Waals surface area contributed by atoms with E-state index in [0.29, 0.717) is 11.4 Å². The molecule has 0 saturated heterocycles. The summed E-state index contributed by atoms with van der Waals surface area (Å²) in [4.78, 5) is 0. The molecule has 1 unspecified atom stereocenters. The molecule has 0 bridgehead atoms. The third-order valence-corrected chi connectivity index (χ3v) is 2.78. The Labute approximate surface area is 95.0 Å². The molecule has 0 aliphatic heterocycles. The molecular weight excluding hydrogens is 221 g/mol. The maximum absolute atomic E-state index is 11.6. The zero-order valence-electron chi connectivity index (χ0n) is 8.54. The fourth-order valence-corrected chi connectivity index (χ4v) is 1.96. The summed E-state index contributed by atoms with van der Waals surface area (Å²) in [5.74, 6) is 0.575. The van der Waals surface area contributed by atoms with Gasteiger partial charge in [0, 0.05) is 0 Å². The fourth-order valence-electron chi connectivity index (χ4n) is 1.22. The highest BCUT2D eigenvalue weighted by Crippen LogP contribution is 2.28. The minimum atomic E-state index is -2.42. The monoisotopic (exact) mass is 232 g/mol. The molecule has 2 rings (SSSR count). The molecule has 1 atom stereocenters. The first kappa shape index (κ1) is 10.8. The second-order valence-corrected chi connectivity index (χ2v) is 4.09. The molecule has 4 heteroatoms. The van der Waals surface area contributed by atoms with Crippen LogP contribution in [0.25, 0.3) is 0 Å². The van der Waals surface area contributed by atoms with Gasteiger partial charge in [-0.05, 0) is 24.3 Å². The predicted molar refractivity (Wildman–Crippen MR) is 64.3 cm³/mol. The Hall–Kier alpha value is -1.73. The van der Waals surface area contributed by atoms with Crippen LogP contribution in [0, 0.1) is 0 Å². The van der Waals surface area contributed by atoms with Crippen LogP contribution in [0.1, 0.15) is 0 Å². The number of hydrogen-bond acceptors (Lipinski definition) is 2. The van der Waals surface area contributed by atoms with E-state index in [-0.39, 0.29) is 0 Å². The van der Waals surface area contributed by atoms with Crippen molar-refractivity contribution >= 4 is 13.9 Å². The number of benzene rings is 2. The summed E-state index contributed by atoms with van der Waals surface area (Å²) in [5, 5.41) is 3.98. The molecule has 1 radical (unpaired) electrons. The smallest absolute Gasteiger partial charge is 0.351 e. The van der Waals surface area contributed by atoms with Gasteiger partial charge in [0.2, 0.25) is 0 Å². The molecule has 0 aliphatic carbocycles.